The molecule has 0 bridgehead atoms. The molecule has 1 aromatic rings. The van der Waals surface area contributed by atoms with Crippen LogP contribution in [-0.4, -0.2) is 22.4 Å². The summed E-state index contributed by atoms with van der Waals surface area (Å²) in [6.07, 6.45) is 2.04. The molecule has 1 heterocycles. The van der Waals surface area contributed by atoms with E-state index in [0.717, 1.165) is 4.47 Å². The lowest BCUT2D eigenvalue weighted by Crippen LogP contribution is -2.09. The van der Waals surface area contributed by atoms with Crippen LogP contribution in [0.3, 0.4) is 0 Å². The molecule has 0 spiro atoms. The van der Waals surface area contributed by atoms with Crippen molar-refractivity contribution in [3.63, 3.8) is 0 Å². The first-order chi connectivity index (χ1) is 6.63. The van der Waals surface area contributed by atoms with Crippen LogP contribution in [0, 0.1) is 0 Å². The van der Waals surface area contributed by atoms with Gasteiger partial charge in [0.15, 0.2) is 5.82 Å². The molecule has 0 aliphatic heterocycles. The van der Waals surface area contributed by atoms with Crippen molar-refractivity contribution in [1.82, 2.24) is 9.78 Å². The highest BCUT2D eigenvalue weighted by Crippen LogP contribution is 2.16. The first kappa shape index (κ1) is 11.0. The van der Waals surface area contributed by atoms with Gasteiger partial charge in [-0.25, -0.2) is 0 Å². The van der Waals surface area contributed by atoms with E-state index in [1.165, 1.54) is 0 Å². The molecule has 0 amide bonds. The average molecular weight is 262 g/mol. The van der Waals surface area contributed by atoms with Crippen LogP contribution >= 0.6 is 15.9 Å². The van der Waals surface area contributed by atoms with Gasteiger partial charge < -0.3 is 10.5 Å². The molecule has 0 aliphatic carbocycles. The molecule has 2 N–H and O–H groups in total. The van der Waals surface area contributed by atoms with Crippen LogP contribution in [0.25, 0.3) is 0 Å². The number of aromatic nitrogens is 2. The summed E-state index contributed by atoms with van der Waals surface area (Å²) in [4.78, 5) is 11.0. The lowest BCUT2D eigenvalue weighted by atomic mass is 10.4. The predicted octanol–water partition coefficient (Wildman–Crippen LogP) is 1.18. The highest BCUT2D eigenvalue weighted by Gasteiger charge is 2.05. The molecule has 6 heteroatoms. The van der Waals surface area contributed by atoms with Crippen LogP contribution < -0.4 is 5.73 Å². The number of anilines is 1. The first-order valence-electron chi connectivity index (χ1n) is 4.27. The van der Waals surface area contributed by atoms with Gasteiger partial charge in [-0.05, 0) is 22.9 Å². The molecule has 0 radical (unpaired) electrons. The van der Waals surface area contributed by atoms with Crippen LogP contribution in [0.15, 0.2) is 10.7 Å². The van der Waals surface area contributed by atoms with Crippen molar-refractivity contribution < 1.29 is 9.53 Å². The Hall–Kier alpha value is -1.04. The summed E-state index contributed by atoms with van der Waals surface area (Å²) in [5.74, 6) is 0.201. The van der Waals surface area contributed by atoms with E-state index in [9.17, 15) is 4.79 Å². The van der Waals surface area contributed by atoms with Gasteiger partial charge in [-0.1, -0.05) is 0 Å². The number of ether oxygens (including phenoxy) is 1. The Morgan fingerprint density at radius 3 is 3.00 bits per heavy atom. The molecule has 5 nitrogen and oxygen atoms in total. The van der Waals surface area contributed by atoms with Crippen LogP contribution in [0.5, 0.6) is 0 Å². The van der Waals surface area contributed by atoms with Crippen molar-refractivity contribution in [3.8, 4) is 0 Å². The number of carbonyl (C=O) groups is 1. The van der Waals surface area contributed by atoms with E-state index < -0.39 is 0 Å². The van der Waals surface area contributed by atoms with E-state index in [0.29, 0.717) is 25.4 Å². The lowest BCUT2D eigenvalue weighted by Gasteiger charge is -2.01. The first-order valence-corrected chi connectivity index (χ1v) is 5.06. The second kappa shape index (κ2) is 4.99. The number of nitrogens with two attached hydrogens (primary N) is 1. The zero-order chi connectivity index (χ0) is 10.6. The molecule has 14 heavy (non-hydrogen) atoms. The van der Waals surface area contributed by atoms with E-state index in [-0.39, 0.29) is 5.97 Å². The van der Waals surface area contributed by atoms with Crippen molar-refractivity contribution in [1.29, 1.82) is 0 Å². The molecule has 0 saturated heterocycles. The molecule has 0 aromatic carbocycles. The highest BCUT2D eigenvalue weighted by atomic mass is 79.9. The Morgan fingerprint density at radius 2 is 2.50 bits per heavy atom. The van der Waals surface area contributed by atoms with E-state index in [2.05, 4.69) is 21.0 Å². The number of carbonyl (C=O) groups excluding carboxylic acids is 1. The van der Waals surface area contributed by atoms with E-state index in [1.54, 1.807) is 17.8 Å². The number of esters is 1. The summed E-state index contributed by atoms with van der Waals surface area (Å²) < 4.78 is 7.12. The third kappa shape index (κ3) is 3.02. The van der Waals surface area contributed by atoms with E-state index in [1.807, 2.05) is 0 Å². The maximum atomic E-state index is 11.0. The Kier molecular flexibility index (Phi) is 3.94. The average Bonchev–Trinajstić information content (AvgIpc) is 2.44. The molecule has 78 valence electrons. The van der Waals surface area contributed by atoms with E-state index >= 15 is 0 Å². The topological polar surface area (TPSA) is 70.1 Å². The minimum absolute atomic E-state index is 0.224. The van der Waals surface area contributed by atoms with Gasteiger partial charge in [0.25, 0.3) is 0 Å². The Balaban J connectivity index is 2.42. The maximum absolute atomic E-state index is 11.0. The number of hydrogen-bond acceptors (Lipinski definition) is 4. The fraction of sp³-hybridized carbons (Fsp3) is 0.500. The van der Waals surface area contributed by atoms with Gasteiger partial charge in [-0.2, -0.15) is 5.10 Å². The number of hydrogen-bond donors (Lipinski definition) is 1. The molecule has 1 aromatic heterocycles. The van der Waals surface area contributed by atoms with Gasteiger partial charge in [0.05, 0.1) is 24.0 Å². The number of nitrogens with zero attached hydrogens (tertiary/aromatic N) is 2. The number of nitrogen functional groups attached to an aromatic ring is 1. The zero-order valence-corrected chi connectivity index (χ0v) is 9.45. The summed E-state index contributed by atoms with van der Waals surface area (Å²) in [5, 5.41) is 3.98. The van der Waals surface area contributed by atoms with Gasteiger partial charge in [0.2, 0.25) is 0 Å². The SMILES string of the molecule is CCOC(=O)CCn1cc(Br)c(N)n1. The lowest BCUT2D eigenvalue weighted by molar-refractivity contribution is -0.143. The van der Waals surface area contributed by atoms with Crippen molar-refractivity contribution in [3.05, 3.63) is 10.7 Å². The summed E-state index contributed by atoms with van der Waals surface area (Å²) in [7, 11) is 0. The zero-order valence-electron chi connectivity index (χ0n) is 7.86. The van der Waals surface area contributed by atoms with Gasteiger partial charge in [-0.3, -0.25) is 9.48 Å². The van der Waals surface area contributed by atoms with Crippen molar-refractivity contribution in [2.24, 2.45) is 0 Å². The monoisotopic (exact) mass is 261 g/mol. The summed E-state index contributed by atoms with van der Waals surface area (Å²) in [6, 6.07) is 0. The predicted molar refractivity (Wildman–Crippen MR) is 55.6 cm³/mol. The molecular weight excluding hydrogens is 250 g/mol. The van der Waals surface area contributed by atoms with E-state index in [4.69, 9.17) is 10.5 Å². The Labute approximate surface area is 90.3 Å². The summed E-state index contributed by atoms with van der Waals surface area (Å²) in [5.41, 5.74) is 5.51. The van der Waals surface area contributed by atoms with Crippen molar-refractivity contribution >= 4 is 27.7 Å². The van der Waals surface area contributed by atoms with Gasteiger partial charge in [0.1, 0.15) is 0 Å². The minimum atomic E-state index is -0.224. The Morgan fingerprint density at radius 1 is 1.79 bits per heavy atom. The number of halogens is 1. The summed E-state index contributed by atoms with van der Waals surface area (Å²) >= 11 is 3.23. The number of aryl methyl sites for hydroxylation is 1. The molecule has 0 atom stereocenters. The second-order valence-electron chi connectivity index (χ2n) is 2.68. The quantitative estimate of drug-likeness (QED) is 0.827. The second-order valence-corrected chi connectivity index (χ2v) is 3.53. The minimum Gasteiger partial charge on any atom is -0.466 e. The molecule has 0 fully saturated rings. The maximum Gasteiger partial charge on any atom is 0.307 e. The van der Waals surface area contributed by atoms with Gasteiger partial charge in [-0.15, -0.1) is 0 Å². The smallest absolute Gasteiger partial charge is 0.307 e. The fourth-order valence-electron chi connectivity index (χ4n) is 0.966. The fourth-order valence-corrected chi connectivity index (χ4v) is 1.28. The normalized spacial score (nSPS) is 10.1. The molecule has 0 aliphatic rings. The number of rotatable bonds is 4. The third-order valence-electron chi connectivity index (χ3n) is 1.59. The molecule has 1 rings (SSSR count). The third-order valence-corrected chi connectivity index (χ3v) is 2.20. The van der Waals surface area contributed by atoms with Crippen molar-refractivity contribution in [2.75, 3.05) is 12.3 Å². The van der Waals surface area contributed by atoms with Crippen LogP contribution in [0.1, 0.15) is 13.3 Å². The van der Waals surface area contributed by atoms with Crippen LogP contribution in [0.4, 0.5) is 5.82 Å². The van der Waals surface area contributed by atoms with Crippen LogP contribution in [-0.2, 0) is 16.1 Å². The standard InChI is InChI=1S/C8H12BrN3O2/c1-2-14-7(13)3-4-12-5-6(9)8(10)11-12/h5H,2-4H2,1H3,(H2,10,11). The van der Waals surface area contributed by atoms with Gasteiger partial charge in [0, 0.05) is 6.20 Å². The Bertz CT molecular complexity index is 305. The van der Waals surface area contributed by atoms with Crippen LogP contribution in [0.2, 0.25) is 0 Å². The molecule has 0 saturated carbocycles. The summed E-state index contributed by atoms with van der Waals surface area (Å²) in [6.45, 7) is 2.67. The van der Waals surface area contributed by atoms with Gasteiger partial charge >= 0.3 is 5.97 Å². The molecule has 0 unspecified atom stereocenters. The van der Waals surface area contributed by atoms with Crippen molar-refractivity contribution in [2.45, 2.75) is 19.9 Å². The largest absolute Gasteiger partial charge is 0.466 e. The highest BCUT2D eigenvalue weighted by molar-refractivity contribution is 9.10. The molecular formula is C8H12BrN3O2.